The third-order valence-electron chi connectivity index (χ3n) is 3.38. The first-order valence-electron chi connectivity index (χ1n) is 6.45. The molecular weight excluding hydrogens is 226 g/mol. The van der Waals surface area contributed by atoms with Crippen LogP contribution in [0, 0.1) is 6.92 Å². The molecule has 2 atom stereocenters. The van der Waals surface area contributed by atoms with E-state index in [9.17, 15) is 4.79 Å². The molecule has 1 fully saturated rings. The minimum absolute atomic E-state index is 0.0686. The summed E-state index contributed by atoms with van der Waals surface area (Å²) in [4.78, 5) is 11.2. The monoisotopic (exact) mass is 247 g/mol. The lowest BCUT2D eigenvalue weighted by atomic mass is 10.0. The van der Waals surface area contributed by atoms with Gasteiger partial charge < -0.3 is 16.4 Å². The molecule has 1 aliphatic rings. The second kappa shape index (κ2) is 5.98. The molecule has 0 aromatic heterocycles. The average Bonchev–Trinajstić information content (AvgIpc) is 2.79. The second-order valence-corrected chi connectivity index (χ2v) is 5.00. The Balaban J connectivity index is 1.82. The molecule has 18 heavy (non-hydrogen) atoms. The van der Waals surface area contributed by atoms with Crippen LogP contribution in [0.3, 0.4) is 0 Å². The maximum atomic E-state index is 11.2. The molecule has 2 rings (SSSR count). The number of aryl methyl sites for hydroxylation is 1. The number of carbonyl (C=O) groups excluding carboxylic acids is 1. The number of hydrogen-bond donors (Lipinski definition) is 3. The molecule has 0 spiro atoms. The van der Waals surface area contributed by atoms with Gasteiger partial charge in [-0.25, -0.2) is 0 Å². The maximum Gasteiger partial charge on any atom is 0.233 e. The van der Waals surface area contributed by atoms with Crippen molar-refractivity contribution < 1.29 is 4.79 Å². The van der Waals surface area contributed by atoms with Crippen molar-refractivity contribution in [3.8, 4) is 0 Å². The summed E-state index contributed by atoms with van der Waals surface area (Å²) >= 11 is 0. The van der Waals surface area contributed by atoms with Gasteiger partial charge in [0.05, 0.1) is 6.54 Å². The Morgan fingerprint density at radius 3 is 2.83 bits per heavy atom. The molecular formula is C14H21N3O. The Morgan fingerprint density at radius 1 is 1.44 bits per heavy atom. The molecule has 1 heterocycles. The lowest BCUT2D eigenvalue weighted by molar-refractivity contribution is -0.120. The van der Waals surface area contributed by atoms with Gasteiger partial charge in [0.1, 0.15) is 0 Å². The van der Waals surface area contributed by atoms with Gasteiger partial charge in [-0.05, 0) is 25.3 Å². The van der Waals surface area contributed by atoms with Crippen LogP contribution in [0.1, 0.15) is 17.5 Å². The van der Waals surface area contributed by atoms with Crippen molar-refractivity contribution in [2.75, 3.05) is 13.1 Å². The highest BCUT2D eigenvalue weighted by Crippen LogP contribution is 2.13. The van der Waals surface area contributed by atoms with E-state index in [0.29, 0.717) is 6.04 Å². The van der Waals surface area contributed by atoms with Crippen molar-refractivity contribution in [3.63, 3.8) is 0 Å². The summed E-state index contributed by atoms with van der Waals surface area (Å²) in [5.74, 6) is -0.0715. The summed E-state index contributed by atoms with van der Waals surface area (Å²) in [6.45, 7) is 3.00. The first kappa shape index (κ1) is 13.1. The van der Waals surface area contributed by atoms with Gasteiger partial charge in [0.15, 0.2) is 0 Å². The molecule has 1 aromatic rings. The van der Waals surface area contributed by atoms with Gasteiger partial charge >= 0.3 is 0 Å². The molecule has 98 valence electrons. The lowest BCUT2D eigenvalue weighted by Crippen LogP contribution is -2.39. The molecule has 1 saturated heterocycles. The smallest absolute Gasteiger partial charge is 0.233 e. The fraction of sp³-hybridized carbons (Fsp3) is 0.500. The summed E-state index contributed by atoms with van der Waals surface area (Å²) in [5, 5.41) is 6.37. The lowest BCUT2D eigenvalue weighted by Gasteiger charge is -2.12. The van der Waals surface area contributed by atoms with Crippen molar-refractivity contribution in [2.45, 2.75) is 31.8 Å². The van der Waals surface area contributed by atoms with Crippen LogP contribution < -0.4 is 16.4 Å². The highest BCUT2D eigenvalue weighted by Gasteiger charge is 2.24. The van der Waals surface area contributed by atoms with E-state index in [1.54, 1.807) is 0 Å². The molecule has 0 radical (unpaired) electrons. The number of carbonyl (C=O) groups is 1. The second-order valence-electron chi connectivity index (χ2n) is 5.00. The van der Waals surface area contributed by atoms with Gasteiger partial charge in [0, 0.05) is 18.6 Å². The number of rotatable bonds is 4. The fourth-order valence-electron chi connectivity index (χ4n) is 2.38. The van der Waals surface area contributed by atoms with Crippen LogP contribution in [0.2, 0.25) is 0 Å². The predicted octanol–water partition coefficient (Wildman–Crippen LogP) is 0.343. The van der Waals surface area contributed by atoms with Crippen LogP contribution in [0.5, 0.6) is 0 Å². The molecule has 0 aliphatic carbocycles. The van der Waals surface area contributed by atoms with Crippen LogP contribution in [0.25, 0.3) is 0 Å². The summed E-state index contributed by atoms with van der Waals surface area (Å²) in [6, 6.07) is 9.27. The fourth-order valence-corrected chi connectivity index (χ4v) is 2.38. The number of nitrogens with two attached hydrogens (primary N) is 1. The van der Waals surface area contributed by atoms with Crippen molar-refractivity contribution in [3.05, 3.63) is 35.4 Å². The van der Waals surface area contributed by atoms with E-state index in [4.69, 9.17) is 5.73 Å². The summed E-state index contributed by atoms with van der Waals surface area (Å²) in [7, 11) is 0. The third-order valence-corrected chi connectivity index (χ3v) is 3.38. The normalized spacial score (nSPS) is 23.0. The van der Waals surface area contributed by atoms with Gasteiger partial charge in [0.2, 0.25) is 5.91 Å². The molecule has 4 nitrogen and oxygen atoms in total. The van der Waals surface area contributed by atoms with E-state index in [1.165, 1.54) is 11.1 Å². The number of benzene rings is 1. The largest absolute Gasteiger partial charge is 0.351 e. The van der Waals surface area contributed by atoms with Gasteiger partial charge in [-0.1, -0.05) is 29.8 Å². The third kappa shape index (κ3) is 3.55. The molecule has 1 aliphatic heterocycles. The van der Waals surface area contributed by atoms with Crippen LogP contribution in [0.4, 0.5) is 0 Å². The van der Waals surface area contributed by atoms with Crippen molar-refractivity contribution in [1.82, 2.24) is 10.6 Å². The minimum atomic E-state index is -0.0715. The zero-order valence-corrected chi connectivity index (χ0v) is 10.8. The van der Waals surface area contributed by atoms with E-state index >= 15 is 0 Å². The summed E-state index contributed by atoms with van der Waals surface area (Å²) in [5.41, 5.74) is 7.91. The molecule has 2 unspecified atom stereocenters. The van der Waals surface area contributed by atoms with Gasteiger partial charge in [-0.3, -0.25) is 4.79 Å². The summed E-state index contributed by atoms with van der Waals surface area (Å²) in [6.07, 6.45) is 1.98. The van der Waals surface area contributed by atoms with E-state index in [2.05, 4.69) is 41.8 Å². The Kier molecular flexibility index (Phi) is 4.33. The number of amides is 1. The van der Waals surface area contributed by atoms with Crippen LogP contribution >= 0.6 is 0 Å². The average molecular weight is 247 g/mol. The van der Waals surface area contributed by atoms with Crippen LogP contribution in [-0.2, 0) is 11.2 Å². The van der Waals surface area contributed by atoms with Crippen LogP contribution in [0.15, 0.2) is 24.3 Å². The molecule has 1 amide bonds. The topological polar surface area (TPSA) is 67.2 Å². The first-order chi connectivity index (χ1) is 8.67. The molecule has 0 saturated carbocycles. The highest BCUT2D eigenvalue weighted by atomic mass is 16.1. The van der Waals surface area contributed by atoms with Gasteiger partial charge in [0.25, 0.3) is 0 Å². The molecule has 0 bridgehead atoms. The number of nitrogens with one attached hydrogen (secondary N) is 2. The minimum Gasteiger partial charge on any atom is -0.351 e. The first-order valence-corrected chi connectivity index (χ1v) is 6.45. The molecule has 4 heteroatoms. The molecule has 1 aromatic carbocycles. The van der Waals surface area contributed by atoms with E-state index in [1.807, 2.05) is 0 Å². The van der Waals surface area contributed by atoms with Crippen molar-refractivity contribution in [2.24, 2.45) is 5.73 Å². The van der Waals surface area contributed by atoms with E-state index in [-0.39, 0.29) is 18.5 Å². The van der Waals surface area contributed by atoms with Gasteiger partial charge in [-0.15, -0.1) is 0 Å². The Labute approximate surface area is 108 Å². The molecule has 4 N–H and O–H groups in total. The Bertz CT molecular complexity index is 402. The summed E-state index contributed by atoms with van der Waals surface area (Å²) < 4.78 is 0. The predicted molar refractivity (Wildman–Crippen MR) is 72.3 cm³/mol. The Hall–Kier alpha value is -1.39. The SMILES string of the molecule is Cc1ccc(CC2CC(NC(=O)CN)CN2)cc1. The standard InChI is InChI=1S/C14H21N3O/c1-10-2-4-11(5-3-10)6-12-7-13(9-16-12)17-14(18)8-15/h2-5,12-13,16H,6-9,15H2,1H3,(H,17,18). The van der Waals surface area contributed by atoms with Crippen molar-refractivity contribution >= 4 is 5.91 Å². The van der Waals surface area contributed by atoms with Crippen molar-refractivity contribution in [1.29, 1.82) is 0 Å². The van der Waals surface area contributed by atoms with E-state index in [0.717, 1.165) is 19.4 Å². The Morgan fingerprint density at radius 2 is 2.17 bits per heavy atom. The maximum absolute atomic E-state index is 11.2. The van der Waals surface area contributed by atoms with E-state index < -0.39 is 0 Å². The zero-order valence-electron chi connectivity index (χ0n) is 10.8. The van der Waals surface area contributed by atoms with Crippen LogP contribution in [-0.4, -0.2) is 31.1 Å². The zero-order chi connectivity index (χ0) is 13.0. The quantitative estimate of drug-likeness (QED) is 0.719. The number of hydrogen-bond acceptors (Lipinski definition) is 3. The van der Waals surface area contributed by atoms with Gasteiger partial charge in [-0.2, -0.15) is 0 Å². The highest BCUT2D eigenvalue weighted by molar-refractivity contribution is 5.78.